The van der Waals surface area contributed by atoms with E-state index in [1.54, 1.807) is 59.6 Å². The van der Waals surface area contributed by atoms with Gasteiger partial charge in [0.25, 0.3) is 0 Å². The molecule has 3 unspecified atom stereocenters. The smallest absolute Gasteiger partial charge is 0.340 e. The Balaban J connectivity index is 1.23. The molecule has 49 heavy (non-hydrogen) atoms. The number of nitrogens with zero attached hydrogens (tertiary/aromatic N) is 2. The number of imide groups is 1. The highest BCUT2D eigenvalue weighted by Gasteiger charge is 2.91. The maximum Gasteiger partial charge on any atom is 0.340 e. The van der Waals surface area contributed by atoms with Crippen molar-refractivity contribution in [2.24, 2.45) is 40.4 Å². The second-order valence-electron chi connectivity index (χ2n) is 16.0. The fourth-order valence-electron chi connectivity index (χ4n) is 13.2. The number of carbonyl (C=O) groups excluding carboxylic acids is 3. The van der Waals surface area contributed by atoms with Crippen LogP contribution in [0.2, 0.25) is 0 Å². The number of methoxy groups -OCH3 is 4. The molecule has 1 spiro atoms. The van der Waals surface area contributed by atoms with E-state index in [0.717, 1.165) is 11.3 Å². The van der Waals surface area contributed by atoms with E-state index in [4.69, 9.17) is 23.7 Å². The molecule has 5 aliphatic carbocycles. The molecule has 1 aromatic rings. The number of ether oxygens (including phenoxy) is 5. The first kappa shape index (κ1) is 33.7. The Labute approximate surface area is 287 Å². The van der Waals surface area contributed by atoms with Gasteiger partial charge in [0.15, 0.2) is 0 Å². The van der Waals surface area contributed by atoms with Gasteiger partial charge in [0.05, 0.1) is 48.3 Å². The average Bonchev–Trinajstić information content (AvgIpc) is 3.63. The summed E-state index contributed by atoms with van der Waals surface area (Å²) < 4.78 is 31.4. The van der Waals surface area contributed by atoms with Crippen LogP contribution in [-0.4, -0.2) is 123 Å². The van der Waals surface area contributed by atoms with E-state index >= 15 is 0 Å². The van der Waals surface area contributed by atoms with Crippen molar-refractivity contribution in [1.29, 1.82) is 0 Å². The number of likely N-dealkylation sites (N-methyl/N-ethyl adjacent to an activating group) is 1. The number of hydrogen-bond donors (Lipinski definition) is 2. The highest BCUT2D eigenvalue weighted by Crippen LogP contribution is 2.80. The summed E-state index contributed by atoms with van der Waals surface area (Å²) in [5.74, 6) is -2.47. The Hall–Kier alpha value is -2.45. The third kappa shape index (κ3) is 3.86. The molecule has 0 aromatic heterocycles. The molecule has 1 aromatic carbocycles. The van der Waals surface area contributed by atoms with E-state index in [9.17, 15) is 24.6 Å². The number of piperidine rings is 1. The Morgan fingerprint density at radius 1 is 1.04 bits per heavy atom. The second kappa shape index (κ2) is 11.3. The maximum atomic E-state index is 14.1. The number of benzene rings is 1. The van der Waals surface area contributed by atoms with Crippen molar-refractivity contribution >= 4 is 23.5 Å². The number of anilines is 1. The minimum atomic E-state index is -1.70. The van der Waals surface area contributed by atoms with Gasteiger partial charge in [-0.25, -0.2) is 9.69 Å². The SMILES string of the molecule is CCN1C[C@]2(COC(=O)c3ccccc3N3C(=O)C[C@H](C)C3=O)CC[C@H](OC)[C@@]34C2C(OC)[C@](O)(C13)[C@@]1(O)C[C@H](OC)[C@H]2C[C@@H]4[C@@H]1[C@H]2OC. The van der Waals surface area contributed by atoms with Crippen molar-refractivity contribution < 1.29 is 48.3 Å². The van der Waals surface area contributed by atoms with Gasteiger partial charge in [0.1, 0.15) is 11.2 Å². The van der Waals surface area contributed by atoms with Gasteiger partial charge in [0, 0.05) is 82.3 Å². The van der Waals surface area contributed by atoms with Crippen LogP contribution in [0, 0.1) is 40.4 Å². The highest BCUT2D eigenvalue weighted by atomic mass is 16.5. The first-order valence-electron chi connectivity index (χ1n) is 17.9. The van der Waals surface area contributed by atoms with E-state index in [1.165, 1.54) is 0 Å². The third-order valence-electron chi connectivity index (χ3n) is 14.5. The van der Waals surface area contributed by atoms with Crippen LogP contribution in [0.1, 0.15) is 56.3 Å². The lowest BCUT2D eigenvalue weighted by molar-refractivity contribution is -0.320. The molecule has 12 nitrogen and oxygen atoms in total. The van der Waals surface area contributed by atoms with Crippen LogP contribution in [-0.2, 0) is 33.3 Å². The number of amides is 2. The van der Waals surface area contributed by atoms with Gasteiger partial charge in [-0.2, -0.15) is 0 Å². The largest absolute Gasteiger partial charge is 0.461 e. The molecule has 2 saturated heterocycles. The number of esters is 1. The highest BCUT2D eigenvalue weighted by molar-refractivity contribution is 6.22. The Morgan fingerprint density at radius 2 is 1.80 bits per heavy atom. The predicted molar refractivity (Wildman–Crippen MR) is 174 cm³/mol. The molecular weight excluding hydrogens is 632 g/mol. The normalized spacial score (nSPS) is 48.0. The van der Waals surface area contributed by atoms with Gasteiger partial charge in [-0.05, 0) is 43.9 Å². The minimum absolute atomic E-state index is 0.0358. The van der Waals surface area contributed by atoms with Crippen LogP contribution in [0.4, 0.5) is 5.69 Å². The molecule has 2 amide bonds. The van der Waals surface area contributed by atoms with Crippen molar-refractivity contribution in [3.05, 3.63) is 29.8 Å². The van der Waals surface area contributed by atoms with Gasteiger partial charge < -0.3 is 33.9 Å². The minimum Gasteiger partial charge on any atom is -0.461 e. The van der Waals surface area contributed by atoms with Crippen LogP contribution in [0.25, 0.3) is 0 Å². The predicted octanol–water partition coefficient (Wildman–Crippen LogP) is 2.04. The summed E-state index contributed by atoms with van der Waals surface area (Å²) >= 11 is 0. The van der Waals surface area contributed by atoms with E-state index in [1.807, 2.05) is 0 Å². The first-order chi connectivity index (χ1) is 23.4. The number of hydrogen-bond acceptors (Lipinski definition) is 11. The summed E-state index contributed by atoms with van der Waals surface area (Å²) in [6, 6.07) is 6.12. The number of aliphatic hydroxyl groups is 2. The number of carbonyl (C=O) groups is 3. The van der Waals surface area contributed by atoms with Crippen LogP contribution >= 0.6 is 0 Å². The van der Waals surface area contributed by atoms with Crippen LogP contribution < -0.4 is 4.90 Å². The lowest BCUT2D eigenvalue weighted by Crippen LogP contribution is -2.82. The molecule has 14 atom stereocenters. The van der Waals surface area contributed by atoms with E-state index in [0.29, 0.717) is 25.9 Å². The zero-order chi connectivity index (χ0) is 34.8. The average molecular weight is 683 g/mol. The summed E-state index contributed by atoms with van der Waals surface area (Å²) in [6.45, 7) is 4.95. The van der Waals surface area contributed by atoms with Gasteiger partial charge >= 0.3 is 5.97 Å². The van der Waals surface area contributed by atoms with Crippen molar-refractivity contribution in [3.8, 4) is 0 Å². The van der Waals surface area contributed by atoms with Gasteiger partial charge in [-0.15, -0.1) is 0 Å². The number of para-hydroxylation sites is 1. The van der Waals surface area contributed by atoms with Crippen LogP contribution in [0.3, 0.4) is 0 Å². The monoisotopic (exact) mass is 682 g/mol. The van der Waals surface area contributed by atoms with Crippen molar-refractivity contribution in [2.75, 3.05) is 53.0 Å². The molecule has 7 bridgehead atoms. The molecular formula is C37H50N2O10. The van der Waals surface area contributed by atoms with Gasteiger partial charge in [-0.3, -0.25) is 14.5 Å². The maximum absolute atomic E-state index is 14.1. The Morgan fingerprint density at radius 3 is 2.43 bits per heavy atom. The quantitative estimate of drug-likeness (QED) is 0.292. The van der Waals surface area contributed by atoms with Crippen molar-refractivity contribution in [2.45, 2.75) is 87.6 Å². The van der Waals surface area contributed by atoms with E-state index in [-0.39, 0.29) is 84.5 Å². The fraction of sp³-hybridized carbons (Fsp3) is 0.757. The summed E-state index contributed by atoms with van der Waals surface area (Å²) in [6.07, 6.45) is 0.813. The molecule has 2 aliphatic heterocycles. The molecule has 7 fully saturated rings. The lowest BCUT2D eigenvalue weighted by atomic mass is 9.42. The molecule has 12 heteroatoms. The lowest BCUT2D eigenvalue weighted by Gasteiger charge is -2.70. The molecule has 2 N–H and O–H groups in total. The third-order valence-corrected chi connectivity index (χ3v) is 14.5. The summed E-state index contributed by atoms with van der Waals surface area (Å²) in [4.78, 5) is 43.3. The zero-order valence-electron chi connectivity index (χ0n) is 29.3. The van der Waals surface area contributed by atoms with Crippen molar-refractivity contribution in [3.63, 3.8) is 0 Å². The number of fused-ring (bicyclic) bond motifs is 2. The standard InChI is InChI=1S/C37H50N2O10/c1-7-38-17-34(18-49-32(42)20-10-8-9-11-23(20)39-26(40)14-19(2)31(39)41)13-12-25(46-4)36-22-15-21-24(45-3)16-35(43,27(22)28(21)47-5)37(44,33(36)38)30(48-6)29(34)36/h8-11,19,21-22,24-25,27-30,33,43-44H,7,12-18H2,1-6H3/t19-,21+,22+,24-,25-,27+,28-,29?,30?,33?,34-,35+,36-,37-/m0/s1. The van der Waals surface area contributed by atoms with E-state index < -0.39 is 46.1 Å². The molecule has 5 saturated carbocycles. The van der Waals surface area contributed by atoms with Gasteiger partial charge in [-0.1, -0.05) is 26.0 Å². The Bertz CT molecular complexity index is 1560. The van der Waals surface area contributed by atoms with Gasteiger partial charge in [0.2, 0.25) is 11.8 Å². The molecule has 8 rings (SSSR count). The molecule has 268 valence electrons. The number of rotatable bonds is 9. The topological polar surface area (TPSA) is 144 Å². The fourth-order valence-corrected chi connectivity index (χ4v) is 13.2. The van der Waals surface area contributed by atoms with Crippen molar-refractivity contribution in [1.82, 2.24) is 4.90 Å². The summed E-state index contributed by atoms with van der Waals surface area (Å²) in [5.41, 5.74) is -4.17. The molecule has 0 radical (unpaired) electrons. The number of likely N-dealkylation sites (tertiary alicyclic amines) is 1. The molecule has 7 aliphatic rings. The Kier molecular flexibility index (Phi) is 7.75. The summed E-state index contributed by atoms with van der Waals surface area (Å²) in [5, 5.41) is 26.6. The first-order valence-corrected chi connectivity index (χ1v) is 17.9. The second-order valence-corrected chi connectivity index (χ2v) is 16.0. The summed E-state index contributed by atoms with van der Waals surface area (Å²) in [7, 11) is 6.70. The van der Waals surface area contributed by atoms with Crippen LogP contribution in [0.15, 0.2) is 24.3 Å². The zero-order valence-corrected chi connectivity index (χ0v) is 29.3. The molecule has 2 heterocycles. The van der Waals surface area contributed by atoms with Crippen LogP contribution in [0.5, 0.6) is 0 Å². The van der Waals surface area contributed by atoms with E-state index in [2.05, 4.69) is 11.8 Å².